The number of thiol groups is 1. The highest BCUT2D eigenvalue weighted by Crippen LogP contribution is 2.43. The second kappa shape index (κ2) is 5.64. The fraction of sp³-hybridized carbons (Fsp3) is 1.00. The third-order valence-corrected chi connectivity index (χ3v) is 4.61. The van der Waals surface area contributed by atoms with Gasteiger partial charge in [-0.2, -0.15) is 12.6 Å². The maximum absolute atomic E-state index is 6.34. The molecule has 84 valence electrons. The third kappa shape index (κ3) is 3.05. The Labute approximate surface area is 97.5 Å². The Morgan fingerprint density at radius 3 is 2.71 bits per heavy atom. The van der Waals surface area contributed by atoms with E-state index >= 15 is 0 Å². The summed E-state index contributed by atoms with van der Waals surface area (Å²) in [4.78, 5) is -0.0166. The van der Waals surface area contributed by atoms with Gasteiger partial charge in [0.2, 0.25) is 0 Å². The van der Waals surface area contributed by atoms with Gasteiger partial charge in [0.1, 0.15) is 0 Å². The normalized spacial score (nSPS) is 33.9. The van der Waals surface area contributed by atoms with E-state index in [2.05, 4.69) is 30.8 Å². The van der Waals surface area contributed by atoms with E-state index < -0.39 is 0 Å². The molecule has 0 radical (unpaired) electrons. The topological polar surface area (TPSA) is 29.3 Å². The Morgan fingerprint density at radius 1 is 1.50 bits per heavy atom. The fourth-order valence-electron chi connectivity index (χ4n) is 2.14. The van der Waals surface area contributed by atoms with Crippen molar-refractivity contribution in [3.8, 4) is 0 Å². The zero-order chi connectivity index (χ0) is 10.6. The molecule has 1 aliphatic heterocycles. The van der Waals surface area contributed by atoms with Gasteiger partial charge in [0.25, 0.3) is 0 Å². The van der Waals surface area contributed by atoms with Crippen molar-refractivity contribution >= 4 is 24.6 Å². The summed E-state index contributed by atoms with van der Waals surface area (Å²) >= 11 is 6.18. The molecule has 2 unspecified atom stereocenters. The molecule has 1 saturated heterocycles. The molecule has 1 aliphatic rings. The van der Waals surface area contributed by atoms with Crippen LogP contribution in [0.15, 0.2) is 0 Å². The summed E-state index contributed by atoms with van der Waals surface area (Å²) in [5.74, 6) is 0.817. The summed E-state index contributed by atoms with van der Waals surface area (Å²) in [5.41, 5.74) is 6.34. The van der Waals surface area contributed by atoms with E-state index in [4.69, 9.17) is 5.73 Å². The van der Waals surface area contributed by atoms with Crippen LogP contribution in [0.2, 0.25) is 0 Å². The second-order valence-electron chi connectivity index (χ2n) is 4.11. The summed E-state index contributed by atoms with van der Waals surface area (Å²) in [6.45, 7) is 4.44. The van der Waals surface area contributed by atoms with Crippen LogP contribution in [-0.2, 0) is 0 Å². The van der Waals surface area contributed by atoms with Gasteiger partial charge in [-0.1, -0.05) is 38.6 Å². The Balaban J connectivity index is 2.54. The minimum atomic E-state index is -0.0166. The van der Waals surface area contributed by atoms with E-state index in [0.29, 0.717) is 6.04 Å². The summed E-state index contributed by atoms with van der Waals surface area (Å²) in [5, 5.41) is 0. The SMILES string of the molecule is CCCC1CC(N)(CCC)SN1CS. The van der Waals surface area contributed by atoms with Crippen LogP contribution in [0.3, 0.4) is 0 Å². The van der Waals surface area contributed by atoms with Crippen molar-refractivity contribution in [3.05, 3.63) is 0 Å². The minimum Gasteiger partial charge on any atom is -0.316 e. The average molecular weight is 234 g/mol. The molecule has 0 saturated carbocycles. The highest BCUT2D eigenvalue weighted by molar-refractivity contribution is 7.99. The quantitative estimate of drug-likeness (QED) is 0.566. The highest BCUT2D eigenvalue weighted by Gasteiger charge is 2.40. The van der Waals surface area contributed by atoms with E-state index in [1.807, 2.05) is 11.9 Å². The molecule has 1 rings (SSSR count). The van der Waals surface area contributed by atoms with Crippen LogP contribution in [0.5, 0.6) is 0 Å². The number of nitrogens with zero attached hydrogens (tertiary/aromatic N) is 1. The van der Waals surface area contributed by atoms with Gasteiger partial charge in [0.15, 0.2) is 0 Å². The van der Waals surface area contributed by atoms with Gasteiger partial charge in [-0.05, 0) is 19.3 Å². The van der Waals surface area contributed by atoms with Crippen molar-refractivity contribution in [2.45, 2.75) is 56.9 Å². The van der Waals surface area contributed by atoms with Gasteiger partial charge in [-0.25, -0.2) is 4.31 Å². The van der Waals surface area contributed by atoms with Crippen LogP contribution in [0.1, 0.15) is 46.0 Å². The van der Waals surface area contributed by atoms with E-state index in [-0.39, 0.29) is 4.87 Å². The molecule has 1 heterocycles. The first-order valence-electron chi connectivity index (χ1n) is 5.50. The van der Waals surface area contributed by atoms with Crippen LogP contribution in [-0.4, -0.2) is 21.1 Å². The van der Waals surface area contributed by atoms with Crippen molar-refractivity contribution in [2.75, 3.05) is 5.88 Å². The lowest BCUT2D eigenvalue weighted by molar-refractivity contribution is 0.354. The van der Waals surface area contributed by atoms with E-state index in [9.17, 15) is 0 Å². The number of hydrogen-bond acceptors (Lipinski definition) is 4. The van der Waals surface area contributed by atoms with Crippen LogP contribution < -0.4 is 5.73 Å². The molecule has 14 heavy (non-hydrogen) atoms. The summed E-state index contributed by atoms with van der Waals surface area (Å²) in [7, 11) is 0. The summed E-state index contributed by atoms with van der Waals surface area (Å²) in [6.07, 6.45) is 5.89. The molecule has 0 aromatic rings. The highest BCUT2D eigenvalue weighted by atomic mass is 32.2. The van der Waals surface area contributed by atoms with Gasteiger partial charge in [0, 0.05) is 6.04 Å². The molecule has 0 aromatic heterocycles. The molecule has 0 spiro atoms. The lowest BCUT2D eigenvalue weighted by Gasteiger charge is -2.22. The Hall–Kier alpha value is 0.620. The first kappa shape index (κ1) is 12.7. The summed E-state index contributed by atoms with van der Waals surface area (Å²) in [6, 6.07) is 0.638. The van der Waals surface area contributed by atoms with Crippen LogP contribution in [0, 0.1) is 0 Å². The molecular formula is C10H22N2S2. The van der Waals surface area contributed by atoms with E-state index in [1.54, 1.807) is 0 Å². The van der Waals surface area contributed by atoms with Gasteiger partial charge in [-0.15, -0.1) is 0 Å². The van der Waals surface area contributed by atoms with Crippen molar-refractivity contribution < 1.29 is 0 Å². The van der Waals surface area contributed by atoms with Crippen LogP contribution >= 0.6 is 24.6 Å². The molecular weight excluding hydrogens is 212 g/mol. The maximum atomic E-state index is 6.34. The lowest BCUT2D eigenvalue weighted by atomic mass is 10.00. The van der Waals surface area contributed by atoms with Crippen molar-refractivity contribution in [1.82, 2.24) is 4.31 Å². The van der Waals surface area contributed by atoms with Gasteiger partial charge in [-0.3, -0.25) is 0 Å². The second-order valence-corrected chi connectivity index (χ2v) is 5.86. The standard InChI is InChI=1S/C10H22N2S2/c1-3-5-9-7-10(11,6-4-2)14-12(9)8-13/h9,13H,3-8,11H2,1-2H3. The van der Waals surface area contributed by atoms with Crippen LogP contribution in [0.4, 0.5) is 0 Å². The van der Waals surface area contributed by atoms with E-state index in [0.717, 1.165) is 18.7 Å². The maximum Gasteiger partial charge on any atom is 0.0783 e. The molecule has 4 heteroatoms. The first-order valence-corrected chi connectivity index (χ1v) is 6.91. The zero-order valence-corrected chi connectivity index (χ0v) is 10.9. The number of rotatable bonds is 5. The first-order chi connectivity index (χ1) is 6.65. The minimum absolute atomic E-state index is 0.0166. The van der Waals surface area contributed by atoms with Gasteiger partial charge in [0.05, 0.1) is 10.7 Å². The average Bonchev–Trinajstić information content (AvgIpc) is 2.44. The molecule has 0 aliphatic carbocycles. The van der Waals surface area contributed by atoms with E-state index in [1.165, 1.54) is 19.3 Å². The number of hydrogen-bond donors (Lipinski definition) is 2. The van der Waals surface area contributed by atoms with Crippen molar-refractivity contribution in [3.63, 3.8) is 0 Å². The molecule has 0 amide bonds. The largest absolute Gasteiger partial charge is 0.316 e. The zero-order valence-electron chi connectivity index (χ0n) is 9.20. The molecule has 0 aromatic carbocycles. The Kier molecular flexibility index (Phi) is 5.11. The smallest absolute Gasteiger partial charge is 0.0783 e. The fourth-order valence-corrected chi connectivity index (χ4v) is 3.96. The van der Waals surface area contributed by atoms with Crippen molar-refractivity contribution in [1.29, 1.82) is 0 Å². The molecule has 2 atom stereocenters. The Bertz CT molecular complexity index is 178. The number of nitrogens with two attached hydrogens (primary N) is 1. The molecule has 1 fully saturated rings. The monoisotopic (exact) mass is 234 g/mol. The van der Waals surface area contributed by atoms with Crippen LogP contribution in [0.25, 0.3) is 0 Å². The molecule has 2 nitrogen and oxygen atoms in total. The lowest BCUT2D eigenvalue weighted by Crippen LogP contribution is -2.33. The predicted octanol–water partition coefficient (Wildman–Crippen LogP) is 2.85. The predicted molar refractivity (Wildman–Crippen MR) is 68.4 cm³/mol. The van der Waals surface area contributed by atoms with Crippen molar-refractivity contribution in [2.24, 2.45) is 5.73 Å². The van der Waals surface area contributed by atoms with Gasteiger partial charge >= 0.3 is 0 Å². The Morgan fingerprint density at radius 2 is 2.21 bits per heavy atom. The van der Waals surface area contributed by atoms with Gasteiger partial charge < -0.3 is 5.73 Å². The third-order valence-electron chi connectivity index (χ3n) is 2.72. The molecule has 2 N–H and O–H groups in total. The molecule has 0 bridgehead atoms. The summed E-state index contributed by atoms with van der Waals surface area (Å²) < 4.78 is 2.35.